The van der Waals surface area contributed by atoms with Crippen LogP contribution in [0.5, 0.6) is 0 Å². The first-order valence-electron chi connectivity index (χ1n) is 4.49. The van der Waals surface area contributed by atoms with E-state index >= 15 is 0 Å². The first kappa shape index (κ1) is 12.6. The molecule has 1 aromatic carbocycles. The zero-order valence-electron chi connectivity index (χ0n) is 8.77. The molecule has 0 amide bonds. The van der Waals surface area contributed by atoms with Crippen LogP contribution < -0.4 is 0 Å². The summed E-state index contributed by atoms with van der Waals surface area (Å²) in [6.45, 7) is 1.68. The summed E-state index contributed by atoms with van der Waals surface area (Å²) in [6, 6.07) is 4.28. The van der Waals surface area contributed by atoms with Gasteiger partial charge in [0.05, 0.1) is 18.0 Å². The first-order chi connectivity index (χ1) is 7.47. The lowest BCUT2D eigenvalue weighted by Crippen LogP contribution is -2.11. The van der Waals surface area contributed by atoms with Gasteiger partial charge in [-0.15, -0.1) is 0 Å². The highest BCUT2D eigenvalue weighted by atomic mass is 79.9. The average molecular weight is 288 g/mol. The second kappa shape index (κ2) is 5.07. The van der Waals surface area contributed by atoms with E-state index in [2.05, 4.69) is 20.7 Å². The van der Waals surface area contributed by atoms with E-state index in [1.54, 1.807) is 13.0 Å². The predicted molar refractivity (Wildman–Crippen MR) is 61.2 cm³/mol. The Kier molecular flexibility index (Phi) is 4.00. The maximum Gasteiger partial charge on any atom is 0.312 e. The molecule has 0 aromatic heterocycles. The number of benzene rings is 1. The Bertz CT molecular complexity index is 433. The Morgan fingerprint density at radius 3 is 2.62 bits per heavy atom. The summed E-state index contributed by atoms with van der Waals surface area (Å²) in [6.07, 6.45) is 0. The summed E-state index contributed by atoms with van der Waals surface area (Å²) in [5.41, 5.74) is 0.644. The van der Waals surface area contributed by atoms with E-state index in [1.165, 1.54) is 19.2 Å². The number of nitro groups is 1. The second-order valence-electron chi connectivity index (χ2n) is 3.21. The monoisotopic (exact) mass is 287 g/mol. The van der Waals surface area contributed by atoms with Crippen LogP contribution in [0.15, 0.2) is 22.7 Å². The van der Waals surface area contributed by atoms with Crippen LogP contribution in [0.2, 0.25) is 0 Å². The summed E-state index contributed by atoms with van der Waals surface area (Å²) >= 11 is 3.20. The number of carbonyl (C=O) groups is 1. The third-order valence-electron chi connectivity index (χ3n) is 2.22. The maximum absolute atomic E-state index is 11.3. The van der Waals surface area contributed by atoms with Crippen LogP contribution >= 0.6 is 15.9 Å². The van der Waals surface area contributed by atoms with Gasteiger partial charge < -0.3 is 4.74 Å². The Hall–Kier alpha value is -1.43. The molecule has 0 saturated carbocycles. The third-order valence-corrected chi connectivity index (χ3v) is 2.90. The van der Waals surface area contributed by atoms with Crippen LogP contribution in [-0.4, -0.2) is 18.0 Å². The molecule has 86 valence electrons. The number of non-ortho nitro benzene ring substituents is 1. The first-order valence-corrected chi connectivity index (χ1v) is 5.28. The summed E-state index contributed by atoms with van der Waals surface area (Å²) < 4.78 is 5.13. The Labute approximate surface area is 101 Å². The molecule has 0 saturated heterocycles. The summed E-state index contributed by atoms with van der Waals surface area (Å²) in [4.78, 5) is 21.3. The normalized spacial score (nSPS) is 11.9. The standard InChI is InChI=1S/C10H10BrNO4/c1-6(10(13)16-2)8-4-3-7(12(14)15)5-9(8)11/h3-6H,1-2H3. The van der Waals surface area contributed by atoms with Gasteiger partial charge in [-0.3, -0.25) is 14.9 Å². The van der Waals surface area contributed by atoms with Crippen molar-refractivity contribution in [1.29, 1.82) is 0 Å². The zero-order chi connectivity index (χ0) is 12.3. The number of nitrogens with zero attached hydrogens (tertiary/aromatic N) is 1. The molecule has 1 unspecified atom stereocenters. The van der Waals surface area contributed by atoms with Gasteiger partial charge in [0.15, 0.2) is 0 Å². The van der Waals surface area contributed by atoms with Gasteiger partial charge in [0, 0.05) is 16.6 Å². The number of hydrogen-bond acceptors (Lipinski definition) is 4. The van der Waals surface area contributed by atoms with Gasteiger partial charge >= 0.3 is 5.97 Å². The van der Waals surface area contributed by atoms with Gasteiger partial charge in [-0.25, -0.2) is 0 Å². The predicted octanol–water partition coefficient (Wildman–Crippen LogP) is 2.63. The number of esters is 1. The fraction of sp³-hybridized carbons (Fsp3) is 0.300. The van der Waals surface area contributed by atoms with Crippen LogP contribution in [0.25, 0.3) is 0 Å². The van der Waals surface area contributed by atoms with Gasteiger partial charge in [-0.05, 0) is 12.5 Å². The number of methoxy groups -OCH3 is 1. The molecule has 0 bridgehead atoms. The van der Waals surface area contributed by atoms with Crippen molar-refractivity contribution in [2.75, 3.05) is 7.11 Å². The van der Waals surface area contributed by atoms with Crippen molar-refractivity contribution >= 4 is 27.6 Å². The third kappa shape index (κ3) is 2.57. The van der Waals surface area contributed by atoms with Crippen molar-refractivity contribution in [3.63, 3.8) is 0 Å². The Morgan fingerprint density at radius 1 is 1.56 bits per heavy atom. The lowest BCUT2D eigenvalue weighted by Gasteiger charge is -2.10. The molecular formula is C10H10BrNO4. The number of halogens is 1. The van der Waals surface area contributed by atoms with E-state index in [4.69, 9.17) is 0 Å². The number of nitro benzene ring substituents is 1. The minimum atomic E-state index is -0.489. The molecule has 0 aliphatic carbocycles. The van der Waals surface area contributed by atoms with Crippen molar-refractivity contribution in [3.05, 3.63) is 38.3 Å². The molecule has 0 aliphatic rings. The molecule has 0 aliphatic heterocycles. The van der Waals surface area contributed by atoms with Crippen molar-refractivity contribution in [3.8, 4) is 0 Å². The number of ether oxygens (including phenoxy) is 1. The molecular weight excluding hydrogens is 278 g/mol. The molecule has 0 heterocycles. The minimum absolute atomic E-state index is 0.0207. The topological polar surface area (TPSA) is 69.4 Å². The summed E-state index contributed by atoms with van der Waals surface area (Å²) in [7, 11) is 1.30. The highest BCUT2D eigenvalue weighted by Gasteiger charge is 2.20. The molecule has 1 atom stereocenters. The second-order valence-corrected chi connectivity index (χ2v) is 4.06. The van der Waals surface area contributed by atoms with Gasteiger partial charge in [-0.1, -0.05) is 22.0 Å². The zero-order valence-corrected chi connectivity index (χ0v) is 10.4. The fourth-order valence-electron chi connectivity index (χ4n) is 1.28. The van der Waals surface area contributed by atoms with Gasteiger partial charge in [-0.2, -0.15) is 0 Å². The largest absolute Gasteiger partial charge is 0.469 e. The average Bonchev–Trinajstić information content (AvgIpc) is 2.26. The van der Waals surface area contributed by atoms with E-state index in [1.807, 2.05) is 0 Å². The molecule has 16 heavy (non-hydrogen) atoms. The molecule has 1 rings (SSSR count). The number of hydrogen-bond donors (Lipinski definition) is 0. The van der Waals surface area contributed by atoms with E-state index in [-0.39, 0.29) is 11.7 Å². The van der Waals surface area contributed by atoms with Crippen LogP contribution in [-0.2, 0) is 9.53 Å². The Balaban J connectivity index is 3.08. The Morgan fingerprint density at radius 2 is 2.19 bits per heavy atom. The van der Waals surface area contributed by atoms with Crippen LogP contribution in [0, 0.1) is 10.1 Å². The number of rotatable bonds is 3. The highest BCUT2D eigenvalue weighted by Crippen LogP contribution is 2.29. The molecule has 5 nitrogen and oxygen atoms in total. The molecule has 1 aromatic rings. The van der Waals surface area contributed by atoms with Crippen LogP contribution in [0.3, 0.4) is 0 Å². The quantitative estimate of drug-likeness (QED) is 0.487. The summed E-state index contributed by atoms with van der Waals surface area (Å²) in [5.74, 6) is -0.838. The smallest absolute Gasteiger partial charge is 0.312 e. The fourth-order valence-corrected chi connectivity index (χ4v) is 1.99. The van der Waals surface area contributed by atoms with Gasteiger partial charge in [0.1, 0.15) is 0 Å². The van der Waals surface area contributed by atoms with Crippen molar-refractivity contribution < 1.29 is 14.5 Å². The van der Waals surface area contributed by atoms with E-state index in [0.29, 0.717) is 10.0 Å². The van der Waals surface area contributed by atoms with Crippen LogP contribution in [0.4, 0.5) is 5.69 Å². The van der Waals surface area contributed by atoms with Crippen molar-refractivity contribution in [1.82, 2.24) is 0 Å². The molecule has 0 N–H and O–H groups in total. The molecule has 0 fully saturated rings. The van der Waals surface area contributed by atoms with Gasteiger partial charge in [0.25, 0.3) is 5.69 Å². The lowest BCUT2D eigenvalue weighted by molar-refractivity contribution is -0.384. The molecule has 0 spiro atoms. The molecule has 0 radical (unpaired) electrons. The van der Waals surface area contributed by atoms with Gasteiger partial charge in [0.2, 0.25) is 0 Å². The molecule has 6 heteroatoms. The highest BCUT2D eigenvalue weighted by molar-refractivity contribution is 9.10. The van der Waals surface area contributed by atoms with E-state index in [0.717, 1.165) is 0 Å². The lowest BCUT2D eigenvalue weighted by atomic mass is 10.0. The van der Waals surface area contributed by atoms with Crippen molar-refractivity contribution in [2.24, 2.45) is 0 Å². The summed E-state index contributed by atoms with van der Waals surface area (Å²) in [5, 5.41) is 10.5. The van der Waals surface area contributed by atoms with Crippen molar-refractivity contribution in [2.45, 2.75) is 12.8 Å². The maximum atomic E-state index is 11.3. The minimum Gasteiger partial charge on any atom is -0.469 e. The van der Waals surface area contributed by atoms with E-state index in [9.17, 15) is 14.9 Å². The van der Waals surface area contributed by atoms with E-state index < -0.39 is 10.8 Å². The van der Waals surface area contributed by atoms with Crippen LogP contribution in [0.1, 0.15) is 18.4 Å². The SMILES string of the molecule is COC(=O)C(C)c1ccc([N+](=O)[O-])cc1Br. The number of carbonyl (C=O) groups excluding carboxylic acids is 1.